The van der Waals surface area contributed by atoms with Crippen LogP contribution in [0.2, 0.25) is 0 Å². The van der Waals surface area contributed by atoms with Crippen molar-refractivity contribution in [3.05, 3.63) is 65.5 Å². The normalized spacial score (nSPS) is 11.5. The van der Waals surface area contributed by atoms with Crippen LogP contribution >= 0.6 is 0 Å². The van der Waals surface area contributed by atoms with Crippen molar-refractivity contribution in [3.63, 3.8) is 0 Å². The average molecular weight is 422 g/mol. The summed E-state index contributed by atoms with van der Waals surface area (Å²) in [7, 11) is 0. The van der Waals surface area contributed by atoms with E-state index in [-0.39, 0.29) is 18.0 Å². The summed E-state index contributed by atoms with van der Waals surface area (Å²) in [4.78, 5) is 36.8. The molecule has 0 fully saturated rings. The minimum atomic E-state index is -1.09. The first-order chi connectivity index (χ1) is 14.8. The highest BCUT2D eigenvalue weighted by Gasteiger charge is 2.20. The molecular formula is C21H22N6O4. The number of esters is 1. The van der Waals surface area contributed by atoms with Gasteiger partial charge < -0.3 is 15.4 Å². The number of carbonyl (C=O) groups excluding carboxylic acids is 3. The van der Waals surface area contributed by atoms with E-state index >= 15 is 0 Å². The molecule has 31 heavy (non-hydrogen) atoms. The van der Waals surface area contributed by atoms with Crippen molar-refractivity contribution in [1.29, 1.82) is 0 Å². The van der Waals surface area contributed by atoms with Crippen molar-refractivity contribution in [3.8, 4) is 5.69 Å². The van der Waals surface area contributed by atoms with E-state index in [9.17, 15) is 14.4 Å². The zero-order valence-corrected chi connectivity index (χ0v) is 17.3. The Labute approximate surface area is 178 Å². The third-order valence-corrected chi connectivity index (χ3v) is 4.52. The number of aromatic nitrogens is 4. The lowest BCUT2D eigenvalue weighted by Crippen LogP contribution is -2.40. The summed E-state index contributed by atoms with van der Waals surface area (Å²) in [5.41, 5.74) is 3.36. The second-order valence-electron chi connectivity index (χ2n) is 6.89. The molecule has 10 heteroatoms. The lowest BCUT2D eigenvalue weighted by molar-refractivity contribution is -0.130. The number of nitrogens with zero attached hydrogens (tertiary/aromatic N) is 4. The van der Waals surface area contributed by atoms with Crippen LogP contribution in [0.1, 0.15) is 28.4 Å². The number of benzene rings is 2. The Kier molecular flexibility index (Phi) is 6.71. The van der Waals surface area contributed by atoms with Crippen molar-refractivity contribution in [2.75, 3.05) is 11.9 Å². The standard InChI is InChI=1S/C21H22N6O4/c1-13-6-4-7-14(2)19(13)24-18(28)11-22-20(29)15(3)31-21(30)16-8-5-9-17(10-16)27-12-23-25-26-27/h4-10,12,15H,11H2,1-3H3,(H,22,29)(H,24,28). The fourth-order valence-electron chi connectivity index (χ4n) is 2.84. The molecule has 10 nitrogen and oxygen atoms in total. The highest BCUT2D eigenvalue weighted by molar-refractivity contribution is 5.97. The molecule has 2 amide bonds. The molecule has 0 saturated carbocycles. The highest BCUT2D eigenvalue weighted by Crippen LogP contribution is 2.19. The van der Waals surface area contributed by atoms with Crippen molar-refractivity contribution < 1.29 is 19.1 Å². The zero-order chi connectivity index (χ0) is 22.4. The molecule has 1 heterocycles. The number of amides is 2. The predicted octanol–water partition coefficient (Wildman–Crippen LogP) is 1.58. The van der Waals surface area contributed by atoms with Gasteiger partial charge in [-0.15, -0.1) is 5.10 Å². The molecule has 0 aliphatic rings. The predicted molar refractivity (Wildman–Crippen MR) is 112 cm³/mol. The lowest BCUT2D eigenvalue weighted by atomic mass is 10.1. The Hall–Kier alpha value is -4.08. The van der Waals surface area contributed by atoms with E-state index in [0.29, 0.717) is 11.4 Å². The third kappa shape index (κ3) is 5.50. The third-order valence-electron chi connectivity index (χ3n) is 4.52. The largest absolute Gasteiger partial charge is 0.449 e. The number of hydrogen-bond donors (Lipinski definition) is 2. The van der Waals surface area contributed by atoms with Gasteiger partial charge in [-0.05, 0) is 60.5 Å². The fraction of sp³-hybridized carbons (Fsp3) is 0.238. The minimum absolute atomic E-state index is 0.237. The summed E-state index contributed by atoms with van der Waals surface area (Å²) in [5.74, 6) is -1.64. The van der Waals surface area contributed by atoms with Crippen LogP contribution in [0, 0.1) is 13.8 Å². The molecule has 0 aliphatic heterocycles. The van der Waals surface area contributed by atoms with Gasteiger partial charge in [-0.3, -0.25) is 9.59 Å². The van der Waals surface area contributed by atoms with E-state index in [1.807, 2.05) is 32.0 Å². The van der Waals surface area contributed by atoms with Crippen molar-refractivity contribution in [1.82, 2.24) is 25.5 Å². The van der Waals surface area contributed by atoms with Gasteiger partial charge in [0.2, 0.25) is 5.91 Å². The van der Waals surface area contributed by atoms with Gasteiger partial charge in [-0.25, -0.2) is 9.48 Å². The Morgan fingerprint density at radius 1 is 1.10 bits per heavy atom. The van der Waals surface area contributed by atoms with Gasteiger partial charge >= 0.3 is 5.97 Å². The van der Waals surface area contributed by atoms with Gasteiger partial charge in [0.25, 0.3) is 5.91 Å². The van der Waals surface area contributed by atoms with Crippen LogP contribution in [0.3, 0.4) is 0 Å². The lowest BCUT2D eigenvalue weighted by Gasteiger charge is -2.15. The Balaban J connectivity index is 1.53. The smallest absolute Gasteiger partial charge is 0.338 e. The van der Waals surface area contributed by atoms with Crippen LogP contribution in [0.5, 0.6) is 0 Å². The van der Waals surface area contributed by atoms with Crippen molar-refractivity contribution in [2.45, 2.75) is 26.9 Å². The average Bonchev–Trinajstić information content (AvgIpc) is 3.29. The Bertz CT molecular complexity index is 1080. The van der Waals surface area contributed by atoms with Gasteiger partial charge in [-0.1, -0.05) is 24.3 Å². The fourth-order valence-corrected chi connectivity index (χ4v) is 2.84. The number of para-hydroxylation sites is 1. The molecule has 0 saturated heterocycles. The van der Waals surface area contributed by atoms with Gasteiger partial charge in [-0.2, -0.15) is 0 Å². The van der Waals surface area contributed by atoms with Crippen LogP contribution in [0.25, 0.3) is 5.69 Å². The van der Waals surface area contributed by atoms with E-state index in [1.54, 1.807) is 24.3 Å². The topological polar surface area (TPSA) is 128 Å². The van der Waals surface area contributed by atoms with Crippen LogP contribution in [0.15, 0.2) is 48.8 Å². The molecule has 1 unspecified atom stereocenters. The summed E-state index contributed by atoms with van der Waals surface area (Å²) in [6.45, 7) is 4.96. The summed E-state index contributed by atoms with van der Waals surface area (Å²) < 4.78 is 6.61. The molecular weight excluding hydrogens is 400 g/mol. The zero-order valence-electron chi connectivity index (χ0n) is 17.3. The van der Waals surface area contributed by atoms with Gasteiger partial charge in [0.1, 0.15) is 6.33 Å². The molecule has 2 aromatic carbocycles. The van der Waals surface area contributed by atoms with Gasteiger partial charge in [0, 0.05) is 5.69 Å². The molecule has 1 aromatic heterocycles. The molecule has 3 aromatic rings. The molecule has 2 N–H and O–H groups in total. The van der Waals surface area contributed by atoms with Crippen LogP contribution in [-0.2, 0) is 14.3 Å². The van der Waals surface area contributed by atoms with E-state index in [1.165, 1.54) is 17.9 Å². The number of hydrogen-bond acceptors (Lipinski definition) is 7. The number of tetrazole rings is 1. The quantitative estimate of drug-likeness (QED) is 0.553. The molecule has 160 valence electrons. The van der Waals surface area contributed by atoms with Crippen LogP contribution in [-0.4, -0.2) is 50.6 Å². The number of carbonyl (C=O) groups is 3. The number of anilines is 1. The minimum Gasteiger partial charge on any atom is -0.449 e. The molecule has 3 rings (SSSR count). The van der Waals surface area contributed by atoms with Crippen molar-refractivity contribution in [2.24, 2.45) is 0 Å². The number of aryl methyl sites for hydroxylation is 2. The maximum atomic E-state index is 12.4. The molecule has 0 aliphatic carbocycles. The van der Waals surface area contributed by atoms with Crippen LogP contribution < -0.4 is 10.6 Å². The number of nitrogens with one attached hydrogen (secondary N) is 2. The van der Waals surface area contributed by atoms with Crippen molar-refractivity contribution >= 4 is 23.5 Å². The SMILES string of the molecule is Cc1cccc(C)c1NC(=O)CNC(=O)C(C)OC(=O)c1cccc(-n2cnnn2)c1. The van der Waals surface area contributed by atoms with Crippen LogP contribution in [0.4, 0.5) is 5.69 Å². The number of rotatable bonds is 7. The maximum absolute atomic E-state index is 12.4. The molecule has 0 bridgehead atoms. The van der Waals surface area contributed by atoms with Gasteiger partial charge in [0.05, 0.1) is 17.8 Å². The molecule has 0 spiro atoms. The number of ether oxygens (including phenoxy) is 1. The van der Waals surface area contributed by atoms with E-state index in [4.69, 9.17) is 4.74 Å². The molecule has 1 atom stereocenters. The van der Waals surface area contributed by atoms with Gasteiger partial charge in [0.15, 0.2) is 6.10 Å². The first kappa shape index (κ1) is 21.6. The summed E-state index contributed by atoms with van der Waals surface area (Å²) >= 11 is 0. The summed E-state index contributed by atoms with van der Waals surface area (Å²) in [6.07, 6.45) is 0.307. The maximum Gasteiger partial charge on any atom is 0.338 e. The molecule has 0 radical (unpaired) electrons. The first-order valence-corrected chi connectivity index (χ1v) is 9.53. The second-order valence-corrected chi connectivity index (χ2v) is 6.89. The monoisotopic (exact) mass is 422 g/mol. The van der Waals surface area contributed by atoms with E-state index in [2.05, 4.69) is 26.2 Å². The van der Waals surface area contributed by atoms with E-state index in [0.717, 1.165) is 11.1 Å². The summed E-state index contributed by atoms with van der Waals surface area (Å²) in [5, 5.41) is 16.1. The first-order valence-electron chi connectivity index (χ1n) is 9.53. The second kappa shape index (κ2) is 9.61. The highest BCUT2D eigenvalue weighted by atomic mass is 16.5. The Morgan fingerprint density at radius 3 is 2.48 bits per heavy atom. The van der Waals surface area contributed by atoms with E-state index < -0.39 is 18.0 Å². The Morgan fingerprint density at radius 2 is 1.81 bits per heavy atom. The summed E-state index contributed by atoms with van der Waals surface area (Å²) in [6, 6.07) is 12.1.